The summed E-state index contributed by atoms with van der Waals surface area (Å²) in [4.78, 5) is 0. The zero-order chi connectivity index (χ0) is 24.3. The van der Waals surface area contributed by atoms with E-state index >= 15 is 0 Å². The predicted molar refractivity (Wildman–Crippen MR) is 148 cm³/mol. The SMILES string of the molecule is C=C(c1ccc(CCC(C)(N)CCC)cc1C)c1cc(CCCC/C=C\C=C/C)ccc1C. The number of aryl methyl sites for hydroxylation is 4. The van der Waals surface area contributed by atoms with Gasteiger partial charge in [0, 0.05) is 5.54 Å². The fraction of sp³-hybridized carbons (Fsp3) is 0.438. The first-order valence-electron chi connectivity index (χ1n) is 12.7. The molecule has 0 radical (unpaired) electrons. The molecule has 0 saturated carbocycles. The maximum Gasteiger partial charge on any atom is 0.0128 e. The minimum Gasteiger partial charge on any atom is -0.325 e. The standard InChI is InChI=1S/C32H45N/c1-7-9-10-11-12-13-14-15-28-17-16-25(3)31(24-28)27(5)30-19-18-29(23-26(30)4)20-22-32(6,33)21-8-2/h7,9-11,16-19,23-24H,5,8,12-15,20-22,33H2,1-4,6H3/b9-7-,11-10-. The van der Waals surface area contributed by atoms with E-state index in [9.17, 15) is 0 Å². The number of nitrogens with two attached hydrogens (primary N) is 1. The summed E-state index contributed by atoms with van der Waals surface area (Å²) in [7, 11) is 0. The van der Waals surface area contributed by atoms with Gasteiger partial charge in [-0.05, 0) is 112 Å². The number of rotatable bonds is 13. The first-order valence-corrected chi connectivity index (χ1v) is 12.7. The topological polar surface area (TPSA) is 26.0 Å². The molecule has 1 heteroatoms. The number of benzene rings is 2. The Hall–Kier alpha value is -2.38. The maximum atomic E-state index is 6.45. The van der Waals surface area contributed by atoms with Crippen molar-refractivity contribution in [2.45, 2.75) is 91.5 Å². The molecule has 0 heterocycles. The molecule has 0 aliphatic rings. The van der Waals surface area contributed by atoms with Crippen molar-refractivity contribution in [3.05, 3.63) is 101 Å². The van der Waals surface area contributed by atoms with Crippen molar-refractivity contribution in [3.63, 3.8) is 0 Å². The molecule has 178 valence electrons. The summed E-state index contributed by atoms with van der Waals surface area (Å²) in [5.74, 6) is 0. The van der Waals surface area contributed by atoms with Crippen molar-refractivity contribution in [1.29, 1.82) is 0 Å². The van der Waals surface area contributed by atoms with E-state index in [0.717, 1.165) is 44.1 Å². The molecular weight excluding hydrogens is 398 g/mol. The van der Waals surface area contributed by atoms with Crippen LogP contribution in [0.2, 0.25) is 0 Å². The fourth-order valence-corrected chi connectivity index (χ4v) is 4.52. The first kappa shape index (κ1) is 26.9. The highest BCUT2D eigenvalue weighted by Crippen LogP contribution is 2.29. The average Bonchev–Trinajstić information content (AvgIpc) is 2.78. The minimum atomic E-state index is -0.0781. The highest BCUT2D eigenvalue weighted by Gasteiger charge is 2.17. The summed E-state index contributed by atoms with van der Waals surface area (Å²) >= 11 is 0. The molecule has 2 N–H and O–H groups in total. The lowest BCUT2D eigenvalue weighted by Gasteiger charge is -2.24. The molecule has 0 aromatic heterocycles. The van der Waals surface area contributed by atoms with Gasteiger partial charge in [0.25, 0.3) is 0 Å². The van der Waals surface area contributed by atoms with Crippen molar-refractivity contribution >= 4 is 5.57 Å². The highest BCUT2D eigenvalue weighted by molar-refractivity contribution is 5.81. The number of hydrogen-bond acceptors (Lipinski definition) is 1. The second kappa shape index (κ2) is 13.4. The molecule has 2 aromatic carbocycles. The van der Waals surface area contributed by atoms with Gasteiger partial charge in [0.1, 0.15) is 0 Å². The summed E-state index contributed by atoms with van der Waals surface area (Å²) in [5, 5.41) is 0. The van der Waals surface area contributed by atoms with Crippen LogP contribution in [0.4, 0.5) is 0 Å². The second-order valence-corrected chi connectivity index (χ2v) is 9.88. The summed E-state index contributed by atoms with van der Waals surface area (Å²) in [6.45, 7) is 15.3. The van der Waals surface area contributed by atoms with E-state index in [0.29, 0.717) is 0 Å². The smallest absolute Gasteiger partial charge is 0.0128 e. The third kappa shape index (κ3) is 8.82. The molecule has 1 unspecified atom stereocenters. The summed E-state index contributed by atoms with van der Waals surface area (Å²) in [5.41, 5.74) is 15.4. The lowest BCUT2D eigenvalue weighted by Crippen LogP contribution is -2.36. The van der Waals surface area contributed by atoms with E-state index in [1.165, 1.54) is 46.2 Å². The van der Waals surface area contributed by atoms with E-state index in [2.05, 4.69) is 95.0 Å². The molecule has 1 nitrogen and oxygen atoms in total. The van der Waals surface area contributed by atoms with Crippen LogP contribution in [0.15, 0.2) is 67.3 Å². The molecule has 0 aliphatic carbocycles. The monoisotopic (exact) mass is 443 g/mol. The Morgan fingerprint density at radius 3 is 2.33 bits per heavy atom. The van der Waals surface area contributed by atoms with Crippen LogP contribution >= 0.6 is 0 Å². The molecule has 0 amide bonds. The Bertz CT molecular complexity index is 958. The Morgan fingerprint density at radius 2 is 1.64 bits per heavy atom. The van der Waals surface area contributed by atoms with Crippen LogP contribution in [0.3, 0.4) is 0 Å². The van der Waals surface area contributed by atoms with Crippen LogP contribution in [0.1, 0.15) is 92.7 Å². The molecular formula is C32H45N. The third-order valence-electron chi connectivity index (χ3n) is 6.57. The molecule has 0 aliphatic heterocycles. The number of allylic oxidation sites excluding steroid dienone is 4. The molecule has 0 spiro atoms. The van der Waals surface area contributed by atoms with Gasteiger partial charge in [0.2, 0.25) is 0 Å². The zero-order valence-corrected chi connectivity index (χ0v) is 21.7. The van der Waals surface area contributed by atoms with Crippen molar-refractivity contribution < 1.29 is 0 Å². The van der Waals surface area contributed by atoms with E-state index in [4.69, 9.17) is 5.73 Å². The van der Waals surface area contributed by atoms with Crippen molar-refractivity contribution in [3.8, 4) is 0 Å². The van der Waals surface area contributed by atoms with Crippen molar-refractivity contribution in [2.24, 2.45) is 5.73 Å². The lowest BCUT2D eigenvalue weighted by molar-refractivity contribution is 0.397. The zero-order valence-electron chi connectivity index (χ0n) is 21.7. The normalized spacial score (nSPS) is 13.6. The van der Waals surface area contributed by atoms with Gasteiger partial charge in [-0.25, -0.2) is 0 Å². The van der Waals surface area contributed by atoms with Crippen LogP contribution in [0.25, 0.3) is 5.57 Å². The Labute approximate surface area is 203 Å². The molecule has 0 saturated heterocycles. The largest absolute Gasteiger partial charge is 0.325 e. The highest BCUT2D eigenvalue weighted by atomic mass is 14.7. The van der Waals surface area contributed by atoms with Gasteiger partial charge in [0.05, 0.1) is 0 Å². The predicted octanol–water partition coefficient (Wildman–Crippen LogP) is 8.66. The minimum absolute atomic E-state index is 0.0781. The van der Waals surface area contributed by atoms with Gasteiger partial charge in [-0.2, -0.15) is 0 Å². The van der Waals surface area contributed by atoms with Gasteiger partial charge >= 0.3 is 0 Å². The lowest BCUT2D eigenvalue weighted by atomic mass is 9.87. The summed E-state index contributed by atoms with van der Waals surface area (Å²) < 4.78 is 0. The molecule has 33 heavy (non-hydrogen) atoms. The van der Waals surface area contributed by atoms with Crippen molar-refractivity contribution in [2.75, 3.05) is 0 Å². The summed E-state index contributed by atoms with van der Waals surface area (Å²) in [6.07, 6.45) is 17.5. The summed E-state index contributed by atoms with van der Waals surface area (Å²) in [6, 6.07) is 13.7. The van der Waals surface area contributed by atoms with Gasteiger partial charge < -0.3 is 5.73 Å². The first-order chi connectivity index (χ1) is 15.8. The molecule has 0 bridgehead atoms. The maximum absolute atomic E-state index is 6.45. The van der Waals surface area contributed by atoms with Crippen molar-refractivity contribution in [1.82, 2.24) is 0 Å². The molecule has 2 rings (SSSR count). The van der Waals surface area contributed by atoms with Gasteiger partial charge in [0.15, 0.2) is 0 Å². The molecule has 2 aromatic rings. The van der Waals surface area contributed by atoms with Gasteiger partial charge in [-0.3, -0.25) is 0 Å². The van der Waals surface area contributed by atoms with Crippen LogP contribution < -0.4 is 5.73 Å². The number of hydrogen-bond donors (Lipinski definition) is 1. The Balaban J connectivity index is 2.05. The van der Waals surface area contributed by atoms with Gasteiger partial charge in [-0.15, -0.1) is 0 Å². The fourth-order valence-electron chi connectivity index (χ4n) is 4.52. The second-order valence-electron chi connectivity index (χ2n) is 9.88. The Morgan fingerprint density at radius 1 is 0.909 bits per heavy atom. The third-order valence-corrected chi connectivity index (χ3v) is 6.57. The van der Waals surface area contributed by atoms with Crippen LogP contribution in [-0.4, -0.2) is 5.54 Å². The van der Waals surface area contributed by atoms with E-state index in [1.54, 1.807) is 0 Å². The Kier molecular flexibility index (Phi) is 10.9. The van der Waals surface area contributed by atoms with Gasteiger partial charge in [-0.1, -0.05) is 80.6 Å². The van der Waals surface area contributed by atoms with Crippen LogP contribution in [0, 0.1) is 13.8 Å². The number of unbranched alkanes of at least 4 members (excludes halogenated alkanes) is 2. The molecule has 1 atom stereocenters. The molecule has 0 fully saturated rings. The average molecular weight is 444 g/mol. The van der Waals surface area contributed by atoms with Crippen LogP contribution in [0.5, 0.6) is 0 Å². The van der Waals surface area contributed by atoms with E-state index < -0.39 is 0 Å². The quantitative estimate of drug-likeness (QED) is 0.243. The van der Waals surface area contributed by atoms with Crippen LogP contribution in [-0.2, 0) is 12.8 Å². The van der Waals surface area contributed by atoms with E-state index in [1.807, 2.05) is 6.92 Å². The van der Waals surface area contributed by atoms with E-state index in [-0.39, 0.29) is 5.54 Å².